The molecule has 0 unspecified atom stereocenters. The first-order chi connectivity index (χ1) is 11.7. The van der Waals surface area contributed by atoms with Gasteiger partial charge in [-0.1, -0.05) is 0 Å². The molecule has 0 radical (unpaired) electrons. The van der Waals surface area contributed by atoms with E-state index in [4.69, 9.17) is 9.15 Å². The average molecular weight is 362 g/mol. The fourth-order valence-electron chi connectivity index (χ4n) is 2.86. The summed E-state index contributed by atoms with van der Waals surface area (Å²) in [5.41, 5.74) is 2.38. The zero-order chi connectivity index (χ0) is 18.4. The summed E-state index contributed by atoms with van der Waals surface area (Å²) in [5.74, 6) is 0.0956. The molecule has 1 aromatic heterocycles. The Morgan fingerprint density at radius 2 is 1.76 bits per heavy atom. The number of benzene rings is 2. The van der Waals surface area contributed by atoms with Crippen LogP contribution in [0.25, 0.3) is 11.1 Å². The molecule has 0 aliphatic heterocycles. The Balaban J connectivity index is 2.04. The molecule has 0 spiro atoms. The van der Waals surface area contributed by atoms with E-state index >= 15 is 0 Å². The van der Waals surface area contributed by atoms with Gasteiger partial charge >= 0.3 is 5.76 Å². The van der Waals surface area contributed by atoms with Gasteiger partial charge in [-0.25, -0.2) is 13.2 Å². The lowest BCUT2D eigenvalue weighted by atomic mass is 10.1. The molecule has 0 atom stereocenters. The monoisotopic (exact) mass is 362 g/mol. The molecular formula is C17H18N2O5S. The van der Waals surface area contributed by atoms with Gasteiger partial charge in [0.25, 0.3) is 10.0 Å². The summed E-state index contributed by atoms with van der Waals surface area (Å²) in [6.45, 7) is 3.42. The minimum atomic E-state index is -3.80. The molecule has 1 N–H and O–H groups in total. The highest BCUT2D eigenvalue weighted by molar-refractivity contribution is 7.92. The average Bonchev–Trinajstić information content (AvgIpc) is 2.80. The normalized spacial score (nSPS) is 11.7. The Bertz CT molecular complexity index is 1100. The second-order valence-electron chi connectivity index (χ2n) is 5.81. The molecule has 3 aromatic rings. The molecule has 0 aliphatic rings. The van der Waals surface area contributed by atoms with E-state index < -0.39 is 15.8 Å². The number of nitrogens with zero attached hydrogens (tertiary/aromatic N) is 1. The molecular weight excluding hydrogens is 344 g/mol. The third-order valence-electron chi connectivity index (χ3n) is 3.98. The third-order valence-corrected chi connectivity index (χ3v) is 5.67. The summed E-state index contributed by atoms with van der Waals surface area (Å²) >= 11 is 0. The van der Waals surface area contributed by atoms with Crippen LogP contribution in [0.15, 0.2) is 44.4 Å². The third kappa shape index (κ3) is 3.00. The van der Waals surface area contributed by atoms with Gasteiger partial charge in [-0.2, -0.15) is 0 Å². The van der Waals surface area contributed by atoms with Crippen LogP contribution in [0.4, 0.5) is 5.69 Å². The van der Waals surface area contributed by atoms with Gasteiger partial charge in [-0.15, -0.1) is 0 Å². The molecule has 0 fully saturated rings. The van der Waals surface area contributed by atoms with Crippen molar-refractivity contribution in [3.8, 4) is 5.75 Å². The van der Waals surface area contributed by atoms with Crippen molar-refractivity contribution in [3.63, 3.8) is 0 Å². The highest BCUT2D eigenvalue weighted by Gasteiger charge is 2.21. The van der Waals surface area contributed by atoms with Crippen LogP contribution in [0, 0.1) is 13.8 Å². The van der Waals surface area contributed by atoms with E-state index in [0.717, 1.165) is 0 Å². The lowest BCUT2D eigenvalue weighted by Gasteiger charge is -2.14. The number of nitrogens with one attached hydrogen (secondary N) is 1. The Morgan fingerprint density at radius 1 is 1.12 bits per heavy atom. The number of anilines is 1. The van der Waals surface area contributed by atoms with Crippen molar-refractivity contribution in [1.29, 1.82) is 0 Å². The molecule has 3 rings (SSSR count). The number of oxazole rings is 1. The quantitative estimate of drug-likeness (QED) is 0.770. The standard InChI is InChI=1S/C17H18N2O5S/c1-10-7-13(23-4)8-11(2)16(10)25(21,22)18-12-5-6-14-15(9-12)24-17(20)19(14)3/h5-9,18H,1-4H3. The van der Waals surface area contributed by atoms with Gasteiger partial charge in [0.15, 0.2) is 5.58 Å². The van der Waals surface area contributed by atoms with Gasteiger partial charge in [0.05, 0.1) is 23.2 Å². The largest absolute Gasteiger partial charge is 0.497 e. The molecule has 0 amide bonds. The van der Waals surface area contributed by atoms with Crippen molar-refractivity contribution in [1.82, 2.24) is 4.57 Å². The van der Waals surface area contributed by atoms with Crippen LogP contribution in [-0.2, 0) is 17.1 Å². The first kappa shape index (κ1) is 17.1. The van der Waals surface area contributed by atoms with E-state index in [2.05, 4.69) is 4.72 Å². The molecule has 1 heterocycles. The fraction of sp³-hybridized carbons (Fsp3) is 0.235. The van der Waals surface area contributed by atoms with Crippen LogP contribution >= 0.6 is 0 Å². The molecule has 132 valence electrons. The maximum atomic E-state index is 12.8. The summed E-state index contributed by atoms with van der Waals surface area (Å²) in [7, 11) is -0.687. The number of hydrogen-bond donors (Lipinski definition) is 1. The first-order valence-corrected chi connectivity index (χ1v) is 8.99. The number of aryl methyl sites for hydroxylation is 3. The molecule has 7 nitrogen and oxygen atoms in total. The second kappa shape index (κ2) is 5.96. The number of sulfonamides is 1. The van der Waals surface area contributed by atoms with Crippen LogP contribution in [0.1, 0.15) is 11.1 Å². The van der Waals surface area contributed by atoms with E-state index in [1.807, 2.05) is 0 Å². The van der Waals surface area contributed by atoms with Crippen LogP contribution in [0.2, 0.25) is 0 Å². The zero-order valence-electron chi connectivity index (χ0n) is 14.3. The summed E-state index contributed by atoms with van der Waals surface area (Å²) in [6, 6.07) is 8.04. The predicted octanol–water partition coefficient (Wildman–Crippen LogP) is 2.56. The number of ether oxygens (including phenoxy) is 1. The van der Waals surface area contributed by atoms with Gasteiger partial charge in [-0.3, -0.25) is 9.29 Å². The van der Waals surface area contributed by atoms with Crippen molar-refractivity contribution >= 4 is 26.8 Å². The molecule has 0 saturated carbocycles. The summed E-state index contributed by atoms with van der Waals surface area (Å²) in [5, 5.41) is 0. The van der Waals surface area contributed by atoms with Gasteiger partial charge in [0.1, 0.15) is 5.75 Å². The van der Waals surface area contributed by atoms with Crippen LogP contribution < -0.4 is 15.2 Å². The predicted molar refractivity (Wildman–Crippen MR) is 94.7 cm³/mol. The van der Waals surface area contributed by atoms with Gasteiger partial charge in [0, 0.05) is 13.1 Å². The minimum absolute atomic E-state index is 0.197. The second-order valence-corrected chi connectivity index (χ2v) is 7.42. The van der Waals surface area contributed by atoms with Crippen LogP contribution in [0.5, 0.6) is 5.75 Å². The van der Waals surface area contributed by atoms with Crippen molar-refractivity contribution in [3.05, 3.63) is 52.0 Å². The van der Waals surface area contributed by atoms with Crippen molar-refractivity contribution < 1.29 is 17.6 Å². The molecule has 2 aromatic carbocycles. The molecule has 0 saturated heterocycles. The SMILES string of the molecule is COc1cc(C)c(S(=O)(=O)Nc2ccc3c(c2)oc(=O)n3C)c(C)c1. The molecule has 8 heteroatoms. The van der Waals surface area contributed by atoms with Crippen molar-refractivity contribution in [2.75, 3.05) is 11.8 Å². The summed E-state index contributed by atoms with van der Waals surface area (Å²) in [4.78, 5) is 11.7. The van der Waals surface area contributed by atoms with Crippen LogP contribution in [-0.4, -0.2) is 20.1 Å². The van der Waals surface area contributed by atoms with E-state index in [1.165, 1.54) is 17.7 Å². The Kier molecular flexibility index (Phi) is 4.08. The van der Waals surface area contributed by atoms with E-state index in [9.17, 15) is 13.2 Å². The van der Waals surface area contributed by atoms with Gasteiger partial charge in [0.2, 0.25) is 0 Å². The van der Waals surface area contributed by atoms with Gasteiger partial charge < -0.3 is 9.15 Å². The minimum Gasteiger partial charge on any atom is -0.497 e. The molecule has 0 bridgehead atoms. The smallest absolute Gasteiger partial charge is 0.419 e. The number of hydrogen-bond acceptors (Lipinski definition) is 5. The first-order valence-electron chi connectivity index (χ1n) is 7.50. The summed E-state index contributed by atoms with van der Waals surface area (Å²) < 4.78 is 39.7. The van der Waals surface area contributed by atoms with E-state index in [1.54, 1.807) is 45.2 Å². The lowest BCUT2D eigenvalue weighted by molar-refractivity contribution is 0.413. The zero-order valence-corrected chi connectivity index (χ0v) is 15.1. The molecule has 0 aliphatic carbocycles. The number of rotatable bonds is 4. The topological polar surface area (TPSA) is 90.5 Å². The van der Waals surface area contributed by atoms with Crippen molar-refractivity contribution in [2.24, 2.45) is 7.05 Å². The summed E-state index contributed by atoms with van der Waals surface area (Å²) in [6.07, 6.45) is 0. The van der Waals surface area contributed by atoms with Crippen molar-refractivity contribution in [2.45, 2.75) is 18.7 Å². The highest BCUT2D eigenvalue weighted by Crippen LogP contribution is 2.28. The maximum absolute atomic E-state index is 12.8. The Labute approximate surface area is 144 Å². The van der Waals surface area contributed by atoms with E-state index in [-0.39, 0.29) is 4.90 Å². The van der Waals surface area contributed by atoms with E-state index in [0.29, 0.717) is 33.7 Å². The van der Waals surface area contributed by atoms with Crippen LogP contribution in [0.3, 0.4) is 0 Å². The van der Waals surface area contributed by atoms with Gasteiger partial charge in [-0.05, 0) is 49.2 Å². The Morgan fingerprint density at radius 3 is 2.36 bits per heavy atom. The maximum Gasteiger partial charge on any atom is 0.419 e. The highest BCUT2D eigenvalue weighted by atomic mass is 32.2. The molecule has 25 heavy (non-hydrogen) atoms. The number of methoxy groups -OCH3 is 1. The number of fused-ring (bicyclic) bond motifs is 1. The fourth-order valence-corrected chi connectivity index (χ4v) is 4.36. The lowest BCUT2D eigenvalue weighted by Crippen LogP contribution is -2.15. The number of aromatic nitrogens is 1. The Hall–Kier alpha value is -2.74.